The lowest BCUT2D eigenvalue weighted by atomic mass is 9.98. The van der Waals surface area contributed by atoms with Crippen molar-refractivity contribution in [2.45, 2.75) is 12.8 Å². The number of aliphatic hydroxyl groups is 1. The molecule has 1 atom stereocenters. The summed E-state index contributed by atoms with van der Waals surface area (Å²) < 4.78 is 0. The fraction of sp³-hybridized carbons (Fsp3) is 0.471. The van der Waals surface area contributed by atoms with Gasteiger partial charge in [0.1, 0.15) is 6.61 Å². The van der Waals surface area contributed by atoms with Crippen molar-refractivity contribution in [3.63, 3.8) is 0 Å². The van der Waals surface area contributed by atoms with Crippen LogP contribution in [0, 0.1) is 5.92 Å². The summed E-state index contributed by atoms with van der Waals surface area (Å²) >= 11 is 0. The largest absolute Gasteiger partial charge is 0.387 e. The number of likely N-dealkylation sites (tertiary alicyclic amines) is 1. The quantitative estimate of drug-likeness (QED) is 0.834. The molecule has 114 valence electrons. The molecule has 4 heteroatoms. The van der Waals surface area contributed by atoms with Crippen LogP contribution in [0.5, 0.6) is 0 Å². The molecule has 0 aliphatic carbocycles. The molecule has 1 aromatic carbocycles. The number of piperidine rings is 1. The summed E-state index contributed by atoms with van der Waals surface area (Å²) in [5.74, 6) is 0.204. The molecule has 0 bridgehead atoms. The van der Waals surface area contributed by atoms with Crippen molar-refractivity contribution in [2.24, 2.45) is 5.92 Å². The third-order valence-electron chi connectivity index (χ3n) is 3.81. The Labute approximate surface area is 126 Å². The van der Waals surface area contributed by atoms with E-state index in [-0.39, 0.29) is 5.91 Å². The summed E-state index contributed by atoms with van der Waals surface area (Å²) in [7, 11) is 0. The highest BCUT2D eigenvalue weighted by Gasteiger charge is 2.19. The summed E-state index contributed by atoms with van der Waals surface area (Å²) in [6, 6.07) is 10.3. The molecule has 2 rings (SSSR count). The summed E-state index contributed by atoms with van der Waals surface area (Å²) in [6.07, 6.45) is 6.66. The van der Waals surface area contributed by atoms with E-state index in [9.17, 15) is 4.79 Å². The molecule has 1 saturated heterocycles. The van der Waals surface area contributed by atoms with E-state index in [0.29, 0.717) is 12.5 Å². The second-order valence-electron chi connectivity index (χ2n) is 5.54. The van der Waals surface area contributed by atoms with E-state index in [1.165, 1.54) is 12.0 Å². The van der Waals surface area contributed by atoms with Gasteiger partial charge in [0.2, 0.25) is 5.91 Å². The average molecular weight is 288 g/mol. The minimum Gasteiger partial charge on any atom is -0.387 e. The van der Waals surface area contributed by atoms with E-state index >= 15 is 0 Å². The molecule has 1 heterocycles. The summed E-state index contributed by atoms with van der Waals surface area (Å²) in [6.45, 7) is 3.31. The van der Waals surface area contributed by atoms with E-state index in [0.717, 1.165) is 26.1 Å². The molecule has 4 nitrogen and oxygen atoms in total. The standard InChI is InChI=1S/C17H24N2O2/c20-14-17(21)18-12-16-9-5-11-19(13-16)10-4-8-15-6-2-1-3-7-15/h1-4,6-8,16,20H,5,9-14H2,(H,18,21)/b8-4+. The van der Waals surface area contributed by atoms with Crippen LogP contribution in [-0.2, 0) is 4.79 Å². The Hall–Kier alpha value is -1.65. The topological polar surface area (TPSA) is 52.6 Å². The smallest absolute Gasteiger partial charge is 0.245 e. The van der Waals surface area contributed by atoms with Crippen LogP contribution in [0.3, 0.4) is 0 Å². The van der Waals surface area contributed by atoms with Crippen LogP contribution in [0.15, 0.2) is 36.4 Å². The molecule has 0 spiro atoms. The van der Waals surface area contributed by atoms with Gasteiger partial charge in [0.05, 0.1) is 0 Å². The normalized spacial score (nSPS) is 19.8. The van der Waals surface area contributed by atoms with Crippen molar-refractivity contribution in [3.8, 4) is 0 Å². The maximum atomic E-state index is 11.1. The van der Waals surface area contributed by atoms with Crippen LogP contribution in [0.2, 0.25) is 0 Å². The second-order valence-corrected chi connectivity index (χ2v) is 5.54. The van der Waals surface area contributed by atoms with Crippen LogP contribution in [0.1, 0.15) is 18.4 Å². The van der Waals surface area contributed by atoms with E-state index < -0.39 is 6.61 Å². The highest BCUT2D eigenvalue weighted by molar-refractivity contribution is 5.76. The Balaban J connectivity index is 1.73. The highest BCUT2D eigenvalue weighted by atomic mass is 16.3. The van der Waals surface area contributed by atoms with Crippen molar-refractivity contribution >= 4 is 12.0 Å². The highest BCUT2D eigenvalue weighted by Crippen LogP contribution is 2.15. The van der Waals surface area contributed by atoms with Gasteiger partial charge < -0.3 is 10.4 Å². The zero-order chi connectivity index (χ0) is 14.9. The summed E-state index contributed by atoms with van der Waals surface area (Å²) in [5.41, 5.74) is 1.22. The van der Waals surface area contributed by atoms with E-state index in [1.807, 2.05) is 18.2 Å². The number of carbonyl (C=O) groups excluding carboxylic acids is 1. The second kappa shape index (κ2) is 8.60. The molecule has 1 aromatic rings. The van der Waals surface area contributed by atoms with Gasteiger partial charge in [-0.25, -0.2) is 0 Å². The molecule has 1 aliphatic rings. The Morgan fingerprint density at radius 2 is 2.19 bits per heavy atom. The maximum absolute atomic E-state index is 11.1. The first-order chi connectivity index (χ1) is 10.3. The minimum atomic E-state index is -0.420. The van der Waals surface area contributed by atoms with Crippen LogP contribution in [0.4, 0.5) is 0 Å². The van der Waals surface area contributed by atoms with Crippen molar-refractivity contribution in [1.29, 1.82) is 0 Å². The summed E-state index contributed by atoms with van der Waals surface area (Å²) in [4.78, 5) is 13.5. The number of hydrogen-bond donors (Lipinski definition) is 2. The van der Waals surface area contributed by atoms with E-state index in [2.05, 4.69) is 34.5 Å². The lowest BCUT2D eigenvalue weighted by molar-refractivity contribution is -0.124. The van der Waals surface area contributed by atoms with Gasteiger partial charge in [-0.15, -0.1) is 0 Å². The Kier molecular flexibility index (Phi) is 6.44. The molecular weight excluding hydrogens is 264 g/mol. The van der Waals surface area contributed by atoms with Crippen LogP contribution >= 0.6 is 0 Å². The van der Waals surface area contributed by atoms with Gasteiger partial charge in [-0.3, -0.25) is 9.69 Å². The number of amides is 1. The third kappa shape index (κ3) is 5.69. The number of hydrogen-bond acceptors (Lipinski definition) is 3. The Morgan fingerprint density at radius 1 is 1.38 bits per heavy atom. The van der Waals surface area contributed by atoms with Crippen molar-refractivity contribution in [3.05, 3.63) is 42.0 Å². The molecule has 2 N–H and O–H groups in total. The molecule has 0 radical (unpaired) electrons. The zero-order valence-electron chi connectivity index (χ0n) is 12.4. The SMILES string of the molecule is O=C(CO)NCC1CCCN(C/C=C/c2ccccc2)C1. The number of carbonyl (C=O) groups is 1. The van der Waals surface area contributed by atoms with Crippen molar-refractivity contribution in [1.82, 2.24) is 10.2 Å². The zero-order valence-corrected chi connectivity index (χ0v) is 12.4. The molecule has 1 unspecified atom stereocenters. The molecule has 0 saturated carbocycles. The van der Waals surface area contributed by atoms with Crippen LogP contribution in [0.25, 0.3) is 6.08 Å². The van der Waals surface area contributed by atoms with Gasteiger partial charge >= 0.3 is 0 Å². The molecule has 1 fully saturated rings. The fourth-order valence-electron chi connectivity index (χ4n) is 2.70. The molecule has 1 amide bonds. The minimum absolute atomic E-state index is 0.281. The van der Waals surface area contributed by atoms with Crippen molar-refractivity contribution in [2.75, 3.05) is 32.8 Å². The Bertz CT molecular complexity index is 459. The number of nitrogens with zero attached hydrogens (tertiary/aromatic N) is 1. The fourth-order valence-corrected chi connectivity index (χ4v) is 2.70. The Morgan fingerprint density at radius 3 is 2.95 bits per heavy atom. The molecular formula is C17H24N2O2. The van der Waals surface area contributed by atoms with Crippen molar-refractivity contribution < 1.29 is 9.90 Å². The number of rotatable bonds is 6. The number of aliphatic hydroxyl groups excluding tert-OH is 1. The molecule has 21 heavy (non-hydrogen) atoms. The maximum Gasteiger partial charge on any atom is 0.245 e. The monoisotopic (exact) mass is 288 g/mol. The van der Waals surface area contributed by atoms with E-state index in [1.54, 1.807) is 0 Å². The first kappa shape index (κ1) is 15.7. The first-order valence-electron chi connectivity index (χ1n) is 7.59. The number of benzene rings is 1. The molecule has 0 aromatic heterocycles. The van der Waals surface area contributed by atoms with Gasteiger partial charge in [0, 0.05) is 19.6 Å². The average Bonchev–Trinajstić information content (AvgIpc) is 2.54. The number of nitrogens with one attached hydrogen (secondary N) is 1. The molecule has 1 aliphatic heterocycles. The summed E-state index contributed by atoms with van der Waals surface area (Å²) in [5, 5.41) is 11.5. The first-order valence-corrected chi connectivity index (χ1v) is 7.59. The van der Waals surface area contributed by atoms with Gasteiger partial charge in [0.25, 0.3) is 0 Å². The van der Waals surface area contributed by atoms with Crippen LogP contribution < -0.4 is 5.32 Å². The van der Waals surface area contributed by atoms with E-state index in [4.69, 9.17) is 5.11 Å². The van der Waals surface area contributed by atoms with Gasteiger partial charge in [-0.2, -0.15) is 0 Å². The van der Waals surface area contributed by atoms with Gasteiger partial charge in [-0.05, 0) is 30.9 Å². The van der Waals surface area contributed by atoms with Gasteiger partial charge in [0.15, 0.2) is 0 Å². The van der Waals surface area contributed by atoms with Crippen LogP contribution in [-0.4, -0.2) is 48.7 Å². The third-order valence-corrected chi connectivity index (χ3v) is 3.81. The predicted octanol–water partition coefficient (Wildman–Crippen LogP) is 1.52. The lowest BCUT2D eigenvalue weighted by Crippen LogP contribution is -2.41. The lowest BCUT2D eigenvalue weighted by Gasteiger charge is -2.32. The predicted molar refractivity (Wildman–Crippen MR) is 84.7 cm³/mol. The van der Waals surface area contributed by atoms with Gasteiger partial charge in [-0.1, -0.05) is 42.5 Å².